The van der Waals surface area contributed by atoms with Gasteiger partial charge in [-0.25, -0.2) is 4.79 Å². The van der Waals surface area contributed by atoms with Gasteiger partial charge in [-0.2, -0.15) is 0 Å². The molecular weight excluding hydrogens is 363 g/mol. The van der Waals surface area contributed by atoms with Crippen LogP contribution in [0.15, 0.2) is 45.7 Å². The summed E-state index contributed by atoms with van der Waals surface area (Å²) >= 11 is 16.2. The van der Waals surface area contributed by atoms with E-state index in [1.807, 2.05) is 30.3 Å². The second-order valence-corrected chi connectivity index (χ2v) is 6.08. The molecule has 1 aromatic heterocycles. The number of alkyl halides is 1. The van der Waals surface area contributed by atoms with Gasteiger partial charge in [0.2, 0.25) is 0 Å². The average Bonchev–Trinajstić information content (AvgIpc) is 2.76. The van der Waals surface area contributed by atoms with Crippen LogP contribution in [0.2, 0.25) is 5.02 Å². The van der Waals surface area contributed by atoms with Crippen molar-refractivity contribution in [2.75, 3.05) is 0 Å². The maximum absolute atomic E-state index is 11.3. The Hall–Kier alpha value is -1.23. The molecule has 1 heterocycles. The van der Waals surface area contributed by atoms with Gasteiger partial charge in [-0.3, -0.25) is 0 Å². The van der Waals surface area contributed by atoms with Gasteiger partial charge in [-0.1, -0.05) is 45.7 Å². The fourth-order valence-electron chi connectivity index (χ4n) is 2.12. The maximum Gasteiger partial charge on any atom is 0.323 e. The first-order valence-electron chi connectivity index (χ1n) is 5.86. The van der Waals surface area contributed by atoms with E-state index >= 15 is 0 Å². The van der Waals surface area contributed by atoms with Crippen LogP contribution in [0.4, 0.5) is 0 Å². The number of halogens is 3. The van der Waals surface area contributed by atoms with Crippen molar-refractivity contribution in [3.63, 3.8) is 0 Å². The molecule has 0 bridgehead atoms. The fourth-order valence-corrected chi connectivity index (χ4v) is 3.49. The molecule has 2 aromatic carbocycles. The topological polar surface area (TPSA) is 48.6 Å². The standard InChI is InChI=1S/C14H9BrCl2N2O/c15-9-6-12-11(18-14(20)19-12)5-8(9)13(17)7-3-1-2-4-10(7)16/h1-6,13H,(H2,18,19,20). The molecule has 20 heavy (non-hydrogen) atoms. The molecule has 3 rings (SSSR count). The molecule has 0 fully saturated rings. The molecular formula is C14H9BrCl2N2O. The van der Waals surface area contributed by atoms with Crippen molar-refractivity contribution < 1.29 is 0 Å². The monoisotopic (exact) mass is 370 g/mol. The lowest BCUT2D eigenvalue weighted by atomic mass is 10.0. The highest BCUT2D eigenvalue weighted by Gasteiger charge is 2.18. The summed E-state index contributed by atoms with van der Waals surface area (Å²) in [6.45, 7) is 0. The van der Waals surface area contributed by atoms with E-state index in [9.17, 15) is 4.79 Å². The van der Waals surface area contributed by atoms with E-state index in [0.29, 0.717) is 10.5 Å². The summed E-state index contributed by atoms with van der Waals surface area (Å²) in [5.74, 6) is 0. The van der Waals surface area contributed by atoms with Crippen molar-refractivity contribution in [2.24, 2.45) is 0 Å². The van der Waals surface area contributed by atoms with Crippen molar-refractivity contribution in [2.45, 2.75) is 5.38 Å². The van der Waals surface area contributed by atoms with E-state index in [1.54, 1.807) is 6.07 Å². The molecule has 2 N–H and O–H groups in total. The van der Waals surface area contributed by atoms with Crippen LogP contribution in [0.3, 0.4) is 0 Å². The van der Waals surface area contributed by atoms with Crippen LogP contribution in [0, 0.1) is 0 Å². The molecule has 102 valence electrons. The van der Waals surface area contributed by atoms with Crippen molar-refractivity contribution in [3.8, 4) is 0 Å². The Balaban J connectivity index is 2.16. The van der Waals surface area contributed by atoms with Gasteiger partial charge in [-0.15, -0.1) is 11.6 Å². The lowest BCUT2D eigenvalue weighted by molar-refractivity contribution is 1.13. The summed E-state index contributed by atoms with van der Waals surface area (Å²) in [5, 5.41) is 0.211. The van der Waals surface area contributed by atoms with Gasteiger partial charge in [0, 0.05) is 9.50 Å². The molecule has 0 aliphatic rings. The molecule has 0 aliphatic heterocycles. The molecule has 0 spiro atoms. The molecule has 3 nitrogen and oxygen atoms in total. The normalized spacial score (nSPS) is 12.8. The fraction of sp³-hybridized carbons (Fsp3) is 0.0714. The van der Waals surface area contributed by atoms with Gasteiger partial charge in [0.1, 0.15) is 0 Å². The van der Waals surface area contributed by atoms with Crippen LogP contribution in [-0.2, 0) is 0 Å². The van der Waals surface area contributed by atoms with Crippen LogP contribution < -0.4 is 5.69 Å². The van der Waals surface area contributed by atoms with E-state index in [2.05, 4.69) is 25.9 Å². The Morgan fingerprint density at radius 2 is 1.70 bits per heavy atom. The zero-order valence-corrected chi connectivity index (χ0v) is 13.2. The number of hydrogen-bond acceptors (Lipinski definition) is 1. The van der Waals surface area contributed by atoms with E-state index < -0.39 is 5.38 Å². The summed E-state index contributed by atoms with van der Waals surface area (Å²) < 4.78 is 0.820. The van der Waals surface area contributed by atoms with Crippen LogP contribution in [-0.4, -0.2) is 9.97 Å². The average molecular weight is 372 g/mol. The third-order valence-corrected chi connectivity index (χ3v) is 4.59. The lowest BCUT2D eigenvalue weighted by Gasteiger charge is -2.14. The van der Waals surface area contributed by atoms with Crippen molar-refractivity contribution in [1.82, 2.24) is 9.97 Å². The van der Waals surface area contributed by atoms with E-state index in [-0.39, 0.29) is 5.69 Å². The van der Waals surface area contributed by atoms with Gasteiger partial charge >= 0.3 is 5.69 Å². The summed E-state index contributed by atoms with van der Waals surface area (Å²) in [4.78, 5) is 16.8. The molecule has 0 radical (unpaired) electrons. The summed E-state index contributed by atoms with van der Waals surface area (Å²) in [5.41, 5.74) is 2.88. The third-order valence-electron chi connectivity index (χ3n) is 3.08. The second-order valence-electron chi connectivity index (χ2n) is 4.38. The minimum atomic E-state index is -0.402. The van der Waals surface area contributed by atoms with E-state index in [1.165, 1.54) is 0 Å². The number of aromatic amines is 2. The highest BCUT2D eigenvalue weighted by Crippen LogP contribution is 2.38. The van der Waals surface area contributed by atoms with Gasteiger partial charge in [-0.05, 0) is 29.3 Å². The number of aromatic nitrogens is 2. The zero-order valence-electron chi connectivity index (χ0n) is 10.1. The van der Waals surface area contributed by atoms with Crippen LogP contribution in [0.25, 0.3) is 11.0 Å². The first kappa shape index (κ1) is 13.7. The Bertz CT molecular complexity index is 841. The Labute approximate surface area is 133 Å². The van der Waals surface area contributed by atoms with Crippen LogP contribution >= 0.6 is 39.1 Å². The van der Waals surface area contributed by atoms with E-state index in [0.717, 1.165) is 21.1 Å². The molecule has 6 heteroatoms. The molecule has 0 aliphatic carbocycles. The number of rotatable bonds is 2. The van der Waals surface area contributed by atoms with Crippen molar-refractivity contribution in [3.05, 3.63) is 67.5 Å². The van der Waals surface area contributed by atoms with Gasteiger partial charge < -0.3 is 9.97 Å². The summed E-state index contributed by atoms with van der Waals surface area (Å²) in [6, 6.07) is 11.1. The maximum atomic E-state index is 11.3. The molecule has 1 unspecified atom stereocenters. The first-order valence-corrected chi connectivity index (χ1v) is 7.47. The Morgan fingerprint density at radius 3 is 2.40 bits per heavy atom. The van der Waals surface area contributed by atoms with Crippen molar-refractivity contribution in [1.29, 1.82) is 0 Å². The first-order chi connectivity index (χ1) is 9.56. The number of hydrogen-bond donors (Lipinski definition) is 2. The largest absolute Gasteiger partial charge is 0.323 e. The predicted molar refractivity (Wildman–Crippen MR) is 85.8 cm³/mol. The Kier molecular flexibility index (Phi) is 3.63. The molecule has 0 saturated carbocycles. The second kappa shape index (κ2) is 5.28. The minimum absolute atomic E-state index is 0.243. The minimum Gasteiger partial charge on any atom is -0.306 e. The molecule has 0 amide bonds. The molecule has 1 atom stereocenters. The predicted octanol–water partition coefficient (Wildman–Crippen LogP) is 4.60. The van der Waals surface area contributed by atoms with Gasteiger partial charge in [0.05, 0.1) is 16.4 Å². The van der Waals surface area contributed by atoms with Gasteiger partial charge in [0.25, 0.3) is 0 Å². The third kappa shape index (κ3) is 2.39. The summed E-state index contributed by atoms with van der Waals surface area (Å²) in [7, 11) is 0. The van der Waals surface area contributed by atoms with Gasteiger partial charge in [0.15, 0.2) is 0 Å². The highest BCUT2D eigenvalue weighted by molar-refractivity contribution is 9.10. The van der Waals surface area contributed by atoms with Crippen molar-refractivity contribution >= 4 is 50.2 Å². The number of imidazole rings is 1. The number of fused-ring (bicyclic) bond motifs is 1. The lowest BCUT2D eigenvalue weighted by Crippen LogP contribution is -1.99. The zero-order chi connectivity index (χ0) is 14.3. The number of H-pyrrole nitrogens is 2. The number of benzene rings is 2. The summed E-state index contributed by atoms with van der Waals surface area (Å²) in [6.07, 6.45) is 0. The Morgan fingerprint density at radius 1 is 1.05 bits per heavy atom. The quantitative estimate of drug-likeness (QED) is 0.635. The van der Waals surface area contributed by atoms with Crippen LogP contribution in [0.1, 0.15) is 16.5 Å². The molecule has 3 aromatic rings. The van der Waals surface area contributed by atoms with E-state index in [4.69, 9.17) is 23.2 Å². The van der Waals surface area contributed by atoms with Crippen LogP contribution in [0.5, 0.6) is 0 Å². The smallest absolute Gasteiger partial charge is 0.306 e. The SMILES string of the molecule is O=c1[nH]c2cc(Br)c(C(Cl)c3ccccc3Cl)cc2[nH]1. The molecule has 0 saturated heterocycles. The number of nitrogens with one attached hydrogen (secondary N) is 2. The highest BCUT2D eigenvalue weighted by atomic mass is 79.9.